The monoisotopic (exact) mass is 310 g/mol. The van der Waals surface area contributed by atoms with Gasteiger partial charge in [-0.1, -0.05) is 0 Å². The number of hydrogen-bond donors (Lipinski definition) is 2. The summed E-state index contributed by atoms with van der Waals surface area (Å²) in [7, 11) is 4.08. The summed E-state index contributed by atoms with van der Waals surface area (Å²) in [5, 5.41) is 13.7. The van der Waals surface area contributed by atoms with E-state index in [1.54, 1.807) is 11.8 Å². The summed E-state index contributed by atoms with van der Waals surface area (Å²) < 4.78 is 2.11. The van der Waals surface area contributed by atoms with E-state index in [4.69, 9.17) is 0 Å². The summed E-state index contributed by atoms with van der Waals surface area (Å²) in [6.45, 7) is 4.15. The van der Waals surface area contributed by atoms with Crippen LogP contribution in [0.5, 0.6) is 0 Å². The molecule has 0 spiro atoms. The number of aryl methyl sites for hydroxylation is 1. The van der Waals surface area contributed by atoms with Gasteiger partial charge in [0, 0.05) is 38.3 Å². The minimum Gasteiger partial charge on any atom is -0.387 e. The van der Waals surface area contributed by atoms with E-state index in [0.717, 1.165) is 37.0 Å². The Labute approximate surface area is 131 Å². The SMILES string of the molecule is CCNC(=NCC1(O)CCSC1)N(C)Cc1cccn1C. The average molecular weight is 310 g/mol. The Hall–Kier alpha value is -1.14. The van der Waals surface area contributed by atoms with Crippen molar-refractivity contribution in [2.24, 2.45) is 12.0 Å². The molecule has 0 amide bonds. The van der Waals surface area contributed by atoms with E-state index < -0.39 is 5.60 Å². The molecule has 1 fully saturated rings. The normalized spacial score (nSPS) is 22.6. The molecule has 1 saturated heterocycles. The Morgan fingerprint density at radius 1 is 1.62 bits per heavy atom. The maximum atomic E-state index is 10.4. The fraction of sp³-hybridized carbons (Fsp3) is 0.667. The van der Waals surface area contributed by atoms with Gasteiger partial charge in [-0.25, -0.2) is 0 Å². The molecule has 0 saturated carbocycles. The number of aromatic nitrogens is 1. The van der Waals surface area contributed by atoms with E-state index >= 15 is 0 Å². The van der Waals surface area contributed by atoms with E-state index in [2.05, 4.69) is 32.8 Å². The molecular weight excluding hydrogens is 284 g/mol. The van der Waals surface area contributed by atoms with Crippen molar-refractivity contribution in [1.29, 1.82) is 0 Å². The number of aliphatic hydroxyl groups is 1. The van der Waals surface area contributed by atoms with Gasteiger partial charge < -0.3 is 19.9 Å². The van der Waals surface area contributed by atoms with Crippen LogP contribution in [0.1, 0.15) is 19.0 Å². The van der Waals surface area contributed by atoms with Crippen molar-refractivity contribution in [3.63, 3.8) is 0 Å². The van der Waals surface area contributed by atoms with Crippen LogP contribution in [0.15, 0.2) is 23.3 Å². The van der Waals surface area contributed by atoms with Gasteiger partial charge in [0.05, 0.1) is 18.7 Å². The van der Waals surface area contributed by atoms with Crippen molar-refractivity contribution >= 4 is 17.7 Å². The van der Waals surface area contributed by atoms with E-state index in [1.165, 1.54) is 5.69 Å². The molecule has 21 heavy (non-hydrogen) atoms. The lowest BCUT2D eigenvalue weighted by molar-refractivity contribution is 0.0776. The Bertz CT molecular complexity index is 480. The second kappa shape index (κ2) is 7.22. The molecule has 0 aliphatic carbocycles. The van der Waals surface area contributed by atoms with Crippen molar-refractivity contribution in [3.05, 3.63) is 24.0 Å². The Kier molecular flexibility index (Phi) is 5.58. The van der Waals surface area contributed by atoms with Crippen molar-refractivity contribution in [2.45, 2.75) is 25.5 Å². The number of nitrogens with one attached hydrogen (secondary N) is 1. The maximum absolute atomic E-state index is 10.4. The quantitative estimate of drug-likeness (QED) is 0.636. The lowest BCUT2D eigenvalue weighted by Gasteiger charge is -2.24. The third kappa shape index (κ3) is 4.41. The van der Waals surface area contributed by atoms with Gasteiger partial charge in [-0.05, 0) is 31.2 Å². The van der Waals surface area contributed by atoms with Crippen LogP contribution in [0.4, 0.5) is 0 Å². The summed E-state index contributed by atoms with van der Waals surface area (Å²) in [5.41, 5.74) is 0.607. The Morgan fingerprint density at radius 2 is 2.43 bits per heavy atom. The van der Waals surface area contributed by atoms with Gasteiger partial charge in [0.1, 0.15) is 0 Å². The first-order valence-corrected chi connectivity index (χ1v) is 8.59. The zero-order valence-electron chi connectivity index (χ0n) is 13.2. The molecule has 1 aliphatic heterocycles. The molecule has 1 aromatic rings. The zero-order chi connectivity index (χ0) is 15.3. The predicted octanol–water partition coefficient (Wildman–Crippen LogP) is 1.29. The van der Waals surface area contributed by atoms with Crippen LogP contribution < -0.4 is 5.32 Å². The topological polar surface area (TPSA) is 52.8 Å². The van der Waals surface area contributed by atoms with Crippen molar-refractivity contribution in [2.75, 3.05) is 31.6 Å². The van der Waals surface area contributed by atoms with Gasteiger partial charge >= 0.3 is 0 Å². The second-order valence-corrected chi connectivity index (χ2v) is 6.77. The van der Waals surface area contributed by atoms with Gasteiger partial charge in [0.2, 0.25) is 0 Å². The molecular formula is C15H26N4OS. The number of aliphatic imine (C=N–C) groups is 1. The van der Waals surface area contributed by atoms with Gasteiger partial charge in [0.25, 0.3) is 0 Å². The van der Waals surface area contributed by atoms with E-state index in [1.807, 2.05) is 26.4 Å². The maximum Gasteiger partial charge on any atom is 0.194 e. The number of hydrogen-bond acceptors (Lipinski definition) is 3. The molecule has 1 unspecified atom stereocenters. The smallest absolute Gasteiger partial charge is 0.194 e. The van der Waals surface area contributed by atoms with E-state index in [0.29, 0.717) is 6.54 Å². The van der Waals surface area contributed by atoms with E-state index in [9.17, 15) is 5.11 Å². The van der Waals surface area contributed by atoms with Crippen LogP contribution in [-0.2, 0) is 13.6 Å². The van der Waals surface area contributed by atoms with Gasteiger partial charge in [0.15, 0.2) is 5.96 Å². The predicted molar refractivity (Wildman–Crippen MR) is 89.8 cm³/mol. The highest BCUT2D eigenvalue weighted by Gasteiger charge is 2.31. The summed E-state index contributed by atoms with van der Waals surface area (Å²) in [4.78, 5) is 6.74. The largest absolute Gasteiger partial charge is 0.387 e. The van der Waals surface area contributed by atoms with Gasteiger partial charge in [-0.2, -0.15) is 11.8 Å². The van der Waals surface area contributed by atoms with Crippen molar-refractivity contribution in [3.8, 4) is 0 Å². The van der Waals surface area contributed by atoms with Crippen LogP contribution in [0, 0.1) is 0 Å². The highest BCUT2D eigenvalue weighted by atomic mass is 32.2. The molecule has 118 valence electrons. The van der Waals surface area contributed by atoms with Crippen LogP contribution in [-0.4, -0.2) is 57.8 Å². The molecule has 6 heteroatoms. The highest BCUT2D eigenvalue weighted by Crippen LogP contribution is 2.27. The molecule has 0 aromatic carbocycles. The third-order valence-electron chi connectivity index (χ3n) is 3.75. The summed E-state index contributed by atoms with van der Waals surface area (Å²) in [6.07, 6.45) is 2.88. The number of thioether (sulfide) groups is 1. The minimum absolute atomic E-state index is 0.472. The molecule has 1 atom stereocenters. The Balaban J connectivity index is 2.01. The lowest BCUT2D eigenvalue weighted by atomic mass is 10.1. The van der Waals surface area contributed by atoms with Gasteiger partial charge in [-0.15, -0.1) is 0 Å². The summed E-state index contributed by atoms with van der Waals surface area (Å²) in [6, 6.07) is 4.16. The molecule has 1 aliphatic rings. The van der Waals surface area contributed by atoms with Crippen LogP contribution in [0.25, 0.3) is 0 Å². The second-order valence-electron chi connectivity index (χ2n) is 5.66. The van der Waals surface area contributed by atoms with Crippen LogP contribution >= 0.6 is 11.8 Å². The molecule has 1 aromatic heterocycles. The lowest BCUT2D eigenvalue weighted by Crippen LogP contribution is -2.41. The molecule has 0 bridgehead atoms. The van der Waals surface area contributed by atoms with Crippen LogP contribution in [0.2, 0.25) is 0 Å². The number of nitrogens with zero attached hydrogens (tertiary/aromatic N) is 3. The Morgan fingerprint density at radius 3 is 3.00 bits per heavy atom. The average Bonchev–Trinajstić information content (AvgIpc) is 3.05. The van der Waals surface area contributed by atoms with Crippen molar-refractivity contribution < 1.29 is 5.11 Å². The number of guanidine groups is 1. The fourth-order valence-corrected chi connectivity index (χ4v) is 3.68. The molecule has 2 N–H and O–H groups in total. The van der Waals surface area contributed by atoms with Crippen LogP contribution in [0.3, 0.4) is 0 Å². The fourth-order valence-electron chi connectivity index (χ4n) is 2.39. The highest BCUT2D eigenvalue weighted by molar-refractivity contribution is 7.99. The zero-order valence-corrected chi connectivity index (χ0v) is 14.0. The molecule has 5 nitrogen and oxygen atoms in total. The van der Waals surface area contributed by atoms with Gasteiger partial charge in [-0.3, -0.25) is 4.99 Å². The third-order valence-corrected chi connectivity index (χ3v) is 4.99. The molecule has 0 radical (unpaired) electrons. The first-order chi connectivity index (χ1) is 10.0. The summed E-state index contributed by atoms with van der Waals surface area (Å²) >= 11 is 1.80. The summed E-state index contributed by atoms with van der Waals surface area (Å²) in [5.74, 6) is 2.67. The van der Waals surface area contributed by atoms with Crippen molar-refractivity contribution in [1.82, 2.24) is 14.8 Å². The standard InChI is InChI=1S/C15H26N4OS/c1-4-16-14(17-11-15(20)7-9-21-12-15)19(3)10-13-6-5-8-18(13)2/h5-6,8,20H,4,7,9-12H2,1-3H3,(H,16,17). The first kappa shape index (κ1) is 16.2. The minimum atomic E-state index is -0.628. The molecule has 2 heterocycles. The molecule has 2 rings (SSSR count). The number of rotatable bonds is 5. The van der Waals surface area contributed by atoms with E-state index in [-0.39, 0.29) is 0 Å². The first-order valence-electron chi connectivity index (χ1n) is 7.44.